The van der Waals surface area contributed by atoms with E-state index in [1.165, 1.54) is 12.8 Å². The molecule has 5 heteroatoms. The average molecular weight is 296 g/mol. The number of halogens is 1. The molecule has 1 aliphatic carbocycles. The standard InChI is InChI=1S/C14H18ClN3S/c1-10-2-5-14(8-15,6-3-10)18-13-12-11(4-7-19-12)16-9-17-13/h4,7,9-10H,2-3,5-6,8H2,1H3,(H,16,17,18). The zero-order valence-electron chi connectivity index (χ0n) is 11.0. The molecule has 0 amide bonds. The number of aromatic nitrogens is 2. The largest absolute Gasteiger partial charge is 0.362 e. The van der Waals surface area contributed by atoms with Crippen molar-refractivity contribution in [1.82, 2.24) is 9.97 Å². The lowest BCUT2D eigenvalue weighted by Crippen LogP contribution is -2.43. The number of rotatable bonds is 3. The highest BCUT2D eigenvalue weighted by Gasteiger charge is 2.34. The normalized spacial score (nSPS) is 27.6. The predicted octanol–water partition coefficient (Wildman–Crippen LogP) is 4.29. The molecule has 0 unspecified atom stereocenters. The molecule has 102 valence electrons. The van der Waals surface area contributed by atoms with Gasteiger partial charge in [0.05, 0.1) is 15.8 Å². The van der Waals surface area contributed by atoms with Gasteiger partial charge in [-0.2, -0.15) is 0 Å². The topological polar surface area (TPSA) is 37.8 Å². The van der Waals surface area contributed by atoms with Crippen LogP contribution in [0.25, 0.3) is 10.2 Å². The second-order valence-electron chi connectivity index (χ2n) is 5.58. The first kappa shape index (κ1) is 13.1. The zero-order valence-corrected chi connectivity index (χ0v) is 12.6. The number of thiophene rings is 1. The Bertz CT molecular complexity index is 561. The van der Waals surface area contributed by atoms with Crippen LogP contribution >= 0.6 is 22.9 Å². The Hall–Kier alpha value is -0.870. The third kappa shape index (κ3) is 2.56. The second kappa shape index (κ2) is 5.25. The summed E-state index contributed by atoms with van der Waals surface area (Å²) in [6.45, 7) is 2.32. The predicted molar refractivity (Wildman–Crippen MR) is 82.1 cm³/mol. The molecule has 0 bridgehead atoms. The fraction of sp³-hybridized carbons (Fsp3) is 0.571. The van der Waals surface area contributed by atoms with Crippen molar-refractivity contribution in [3.8, 4) is 0 Å². The molecule has 0 radical (unpaired) electrons. The molecular weight excluding hydrogens is 278 g/mol. The maximum absolute atomic E-state index is 6.26. The maximum atomic E-state index is 6.26. The molecule has 0 saturated heterocycles. The number of alkyl halides is 1. The minimum Gasteiger partial charge on any atom is -0.362 e. The van der Waals surface area contributed by atoms with Gasteiger partial charge < -0.3 is 5.32 Å². The molecule has 1 N–H and O–H groups in total. The van der Waals surface area contributed by atoms with E-state index in [1.54, 1.807) is 17.7 Å². The summed E-state index contributed by atoms with van der Waals surface area (Å²) in [5, 5.41) is 5.68. The van der Waals surface area contributed by atoms with Crippen LogP contribution in [0.15, 0.2) is 17.8 Å². The summed E-state index contributed by atoms with van der Waals surface area (Å²) in [4.78, 5) is 8.70. The number of nitrogens with zero attached hydrogens (tertiary/aromatic N) is 2. The molecule has 0 spiro atoms. The van der Waals surface area contributed by atoms with E-state index in [1.807, 2.05) is 6.07 Å². The Morgan fingerprint density at radius 1 is 1.42 bits per heavy atom. The third-order valence-electron chi connectivity index (χ3n) is 4.11. The Balaban J connectivity index is 1.88. The van der Waals surface area contributed by atoms with Gasteiger partial charge in [0.25, 0.3) is 0 Å². The smallest absolute Gasteiger partial charge is 0.147 e. The lowest BCUT2D eigenvalue weighted by Gasteiger charge is -2.39. The van der Waals surface area contributed by atoms with Crippen LogP contribution < -0.4 is 5.32 Å². The second-order valence-corrected chi connectivity index (χ2v) is 6.76. The molecule has 0 atom stereocenters. The summed E-state index contributed by atoms with van der Waals surface area (Å²) in [6.07, 6.45) is 6.34. The van der Waals surface area contributed by atoms with E-state index < -0.39 is 0 Å². The Kier molecular flexibility index (Phi) is 3.63. The number of hydrogen-bond donors (Lipinski definition) is 1. The van der Waals surface area contributed by atoms with Gasteiger partial charge in [0.1, 0.15) is 12.1 Å². The van der Waals surface area contributed by atoms with E-state index in [-0.39, 0.29) is 5.54 Å². The van der Waals surface area contributed by atoms with Crippen molar-refractivity contribution < 1.29 is 0 Å². The fourth-order valence-corrected chi connectivity index (χ4v) is 3.86. The van der Waals surface area contributed by atoms with Crippen LogP contribution in [0.3, 0.4) is 0 Å². The average Bonchev–Trinajstić information content (AvgIpc) is 2.91. The molecule has 2 aromatic heterocycles. The van der Waals surface area contributed by atoms with Crippen molar-refractivity contribution >= 4 is 39.0 Å². The van der Waals surface area contributed by atoms with Gasteiger partial charge in [-0.05, 0) is 43.0 Å². The highest BCUT2D eigenvalue weighted by Crippen LogP contribution is 2.37. The summed E-state index contributed by atoms with van der Waals surface area (Å²) in [6, 6.07) is 2.03. The van der Waals surface area contributed by atoms with Gasteiger partial charge in [0.15, 0.2) is 0 Å². The van der Waals surface area contributed by atoms with E-state index in [0.29, 0.717) is 5.88 Å². The summed E-state index contributed by atoms with van der Waals surface area (Å²) in [5.41, 5.74) is 1.01. The number of fused-ring (bicyclic) bond motifs is 1. The van der Waals surface area contributed by atoms with Crippen molar-refractivity contribution in [2.45, 2.75) is 38.1 Å². The molecule has 0 aliphatic heterocycles. The highest BCUT2D eigenvalue weighted by molar-refractivity contribution is 7.17. The first-order valence-electron chi connectivity index (χ1n) is 6.75. The molecule has 2 aromatic rings. The van der Waals surface area contributed by atoms with Crippen molar-refractivity contribution in [3.63, 3.8) is 0 Å². The van der Waals surface area contributed by atoms with Crippen molar-refractivity contribution in [3.05, 3.63) is 17.8 Å². The number of anilines is 1. The van der Waals surface area contributed by atoms with Crippen LogP contribution in [0.5, 0.6) is 0 Å². The van der Waals surface area contributed by atoms with E-state index in [4.69, 9.17) is 11.6 Å². The molecule has 19 heavy (non-hydrogen) atoms. The van der Waals surface area contributed by atoms with Crippen LogP contribution in [-0.2, 0) is 0 Å². The van der Waals surface area contributed by atoms with Gasteiger partial charge in [0.2, 0.25) is 0 Å². The molecule has 3 nitrogen and oxygen atoms in total. The number of hydrogen-bond acceptors (Lipinski definition) is 4. The van der Waals surface area contributed by atoms with Crippen LogP contribution in [0.2, 0.25) is 0 Å². The van der Waals surface area contributed by atoms with Crippen LogP contribution in [0, 0.1) is 5.92 Å². The molecule has 2 heterocycles. The van der Waals surface area contributed by atoms with E-state index >= 15 is 0 Å². The maximum Gasteiger partial charge on any atom is 0.147 e. The Morgan fingerprint density at radius 2 is 2.21 bits per heavy atom. The van der Waals surface area contributed by atoms with Crippen LogP contribution in [0.1, 0.15) is 32.6 Å². The minimum absolute atomic E-state index is 0.000656. The fourth-order valence-electron chi connectivity index (χ4n) is 2.74. The van der Waals surface area contributed by atoms with Gasteiger partial charge in [-0.15, -0.1) is 22.9 Å². The van der Waals surface area contributed by atoms with E-state index in [9.17, 15) is 0 Å². The summed E-state index contributed by atoms with van der Waals surface area (Å²) in [5.74, 6) is 2.39. The zero-order chi connectivity index (χ0) is 13.3. The molecule has 1 aliphatic rings. The Labute approximate surface area is 122 Å². The third-order valence-corrected chi connectivity index (χ3v) is 5.54. The van der Waals surface area contributed by atoms with Gasteiger partial charge >= 0.3 is 0 Å². The van der Waals surface area contributed by atoms with Gasteiger partial charge in [0, 0.05) is 5.88 Å². The first-order chi connectivity index (χ1) is 9.22. The molecule has 3 rings (SSSR count). The van der Waals surface area contributed by atoms with Gasteiger partial charge in [-0.1, -0.05) is 6.92 Å². The van der Waals surface area contributed by atoms with Gasteiger partial charge in [-0.3, -0.25) is 0 Å². The SMILES string of the molecule is CC1CCC(CCl)(Nc2ncnc3ccsc23)CC1. The van der Waals surface area contributed by atoms with Crippen LogP contribution in [-0.4, -0.2) is 21.4 Å². The molecule has 0 aromatic carbocycles. The van der Waals surface area contributed by atoms with E-state index in [0.717, 1.165) is 34.8 Å². The monoisotopic (exact) mass is 295 g/mol. The molecular formula is C14H18ClN3S. The van der Waals surface area contributed by atoms with Crippen molar-refractivity contribution in [2.75, 3.05) is 11.2 Å². The van der Waals surface area contributed by atoms with Crippen LogP contribution in [0.4, 0.5) is 5.82 Å². The highest BCUT2D eigenvalue weighted by atomic mass is 35.5. The minimum atomic E-state index is -0.000656. The quantitative estimate of drug-likeness (QED) is 0.858. The van der Waals surface area contributed by atoms with E-state index in [2.05, 4.69) is 27.6 Å². The number of nitrogens with one attached hydrogen (secondary N) is 1. The summed E-state index contributed by atoms with van der Waals surface area (Å²) >= 11 is 7.94. The summed E-state index contributed by atoms with van der Waals surface area (Å²) in [7, 11) is 0. The van der Waals surface area contributed by atoms with Crippen molar-refractivity contribution in [1.29, 1.82) is 0 Å². The Morgan fingerprint density at radius 3 is 2.95 bits per heavy atom. The molecule has 1 saturated carbocycles. The molecule has 1 fully saturated rings. The lowest BCUT2D eigenvalue weighted by molar-refractivity contribution is 0.286. The lowest BCUT2D eigenvalue weighted by atomic mass is 9.78. The van der Waals surface area contributed by atoms with Crippen molar-refractivity contribution in [2.24, 2.45) is 5.92 Å². The first-order valence-corrected chi connectivity index (χ1v) is 8.16. The summed E-state index contributed by atoms with van der Waals surface area (Å²) < 4.78 is 1.13. The van der Waals surface area contributed by atoms with Gasteiger partial charge in [-0.25, -0.2) is 9.97 Å².